The van der Waals surface area contributed by atoms with Crippen molar-refractivity contribution < 1.29 is 14.7 Å². The van der Waals surface area contributed by atoms with Gasteiger partial charge in [0.1, 0.15) is 11.4 Å². The van der Waals surface area contributed by atoms with Gasteiger partial charge in [0, 0.05) is 26.1 Å². The van der Waals surface area contributed by atoms with Crippen molar-refractivity contribution in [2.45, 2.75) is 32.3 Å². The predicted octanol–water partition coefficient (Wildman–Crippen LogP) is 0.396. The zero-order valence-corrected chi connectivity index (χ0v) is 10.6. The van der Waals surface area contributed by atoms with Crippen LogP contribution in [0, 0.1) is 5.92 Å². The number of ether oxygens (including phenoxy) is 1. The third-order valence-corrected chi connectivity index (χ3v) is 3.34. The molecule has 3 N–H and O–H groups in total. The Morgan fingerprint density at radius 2 is 2.00 bits per heavy atom. The molecule has 0 aliphatic carbocycles. The largest absolute Gasteiger partial charge is 0.409 e. The lowest BCUT2D eigenvalue weighted by molar-refractivity contribution is -0.152. The van der Waals surface area contributed by atoms with E-state index in [4.69, 9.17) is 15.7 Å². The highest BCUT2D eigenvalue weighted by atomic mass is 16.5. The van der Waals surface area contributed by atoms with Crippen LogP contribution in [0.5, 0.6) is 0 Å². The SMILES string of the molecule is COC(C)(C)C(=O)N1CCC(C(N)=NO)CC1. The Kier molecular flexibility index (Phi) is 4.34. The Morgan fingerprint density at radius 1 is 1.47 bits per heavy atom. The summed E-state index contributed by atoms with van der Waals surface area (Å²) in [6.45, 7) is 4.74. The van der Waals surface area contributed by atoms with Crippen LogP contribution in [0.25, 0.3) is 0 Å². The van der Waals surface area contributed by atoms with Crippen molar-refractivity contribution in [1.82, 2.24) is 4.90 Å². The average molecular weight is 243 g/mol. The Bertz CT molecular complexity index is 307. The number of likely N-dealkylation sites (tertiary alicyclic amines) is 1. The van der Waals surface area contributed by atoms with E-state index in [9.17, 15) is 4.79 Å². The van der Waals surface area contributed by atoms with Crippen LogP contribution in [-0.4, -0.2) is 47.7 Å². The Morgan fingerprint density at radius 3 is 2.41 bits per heavy atom. The van der Waals surface area contributed by atoms with Gasteiger partial charge in [-0.15, -0.1) is 0 Å². The molecular weight excluding hydrogens is 222 g/mol. The first-order chi connectivity index (χ1) is 7.92. The number of amides is 1. The van der Waals surface area contributed by atoms with Gasteiger partial charge in [0.25, 0.3) is 5.91 Å². The molecule has 6 nitrogen and oxygen atoms in total. The number of carbonyl (C=O) groups is 1. The van der Waals surface area contributed by atoms with Crippen LogP contribution in [0.4, 0.5) is 0 Å². The zero-order valence-electron chi connectivity index (χ0n) is 10.6. The maximum Gasteiger partial charge on any atom is 0.254 e. The number of carbonyl (C=O) groups excluding carboxylic acids is 1. The summed E-state index contributed by atoms with van der Waals surface area (Å²) in [5.41, 5.74) is 4.76. The van der Waals surface area contributed by atoms with Gasteiger partial charge < -0.3 is 20.6 Å². The summed E-state index contributed by atoms with van der Waals surface area (Å²) < 4.78 is 5.17. The van der Waals surface area contributed by atoms with Crippen LogP contribution in [0.2, 0.25) is 0 Å². The number of hydrogen-bond donors (Lipinski definition) is 2. The molecule has 1 heterocycles. The van der Waals surface area contributed by atoms with E-state index in [1.807, 2.05) is 0 Å². The van der Waals surface area contributed by atoms with E-state index in [2.05, 4.69) is 5.16 Å². The standard InChI is InChI=1S/C11H21N3O3/c1-11(2,17-3)10(15)14-6-4-8(5-7-14)9(12)13-16/h8,16H,4-7H2,1-3H3,(H2,12,13). The molecule has 1 aliphatic rings. The fraction of sp³-hybridized carbons (Fsp3) is 0.818. The van der Waals surface area contributed by atoms with Gasteiger partial charge in [-0.1, -0.05) is 5.16 Å². The van der Waals surface area contributed by atoms with Gasteiger partial charge in [-0.3, -0.25) is 4.79 Å². The average Bonchev–Trinajstić information content (AvgIpc) is 2.37. The molecule has 1 saturated heterocycles. The van der Waals surface area contributed by atoms with Crippen molar-refractivity contribution in [3.05, 3.63) is 0 Å². The molecule has 1 rings (SSSR count). The quantitative estimate of drug-likeness (QED) is 0.325. The summed E-state index contributed by atoms with van der Waals surface area (Å²) >= 11 is 0. The summed E-state index contributed by atoms with van der Waals surface area (Å²) in [7, 11) is 1.53. The lowest BCUT2D eigenvalue weighted by Crippen LogP contribution is -2.50. The first-order valence-electron chi connectivity index (χ1n) is 5.74. The van der Waals surface area contributed by atoms with Crippen LogP contribution in [0.3, 0.4) is 0 Å². The van der Waals surface area contributed by atoms with Crippen molar-refractivity contribution in [1.29, 1.82) is 0 Å². The van der Waals surface area contributed by atoms with Crippen molar-refractivity contribution in [3.8, 4) is 0 Å². The second-order valence-electron chi connectivity index (χ2n) is 4.81. The molecule has 98 valence electrons. The van der Waals surface area contributed by atoms with E-state index < -0.39 is 5.60 Å². The lowest BCUT2D eigenvalue weighted by Gasteiger charge is -2.35. The molecule has 1 fully saturated rings. The summed E-state index contributed by atoms with van der Waals surface area (Å²) in [5, 5.41) is 11.6. The number of rotatable bonds is 3. The van der Waals surface area contributed by atoms with Crippen LogP contribution < -0.4 is 5.73 Å². The number of nitrogens with two attached hydrogens (primary N) is 1. The zero-order chi connectivity index (χ0) is 13.1. The van der Waals surface area contributed by atoms with Crippen molar-refractivity contribution in [3.63, 3.8) is 0 Å². The normalized spacial score (nSPS) is 19.5. The molecule has 0 bridgehead atoms. The topological polar surface area (TPSA) is 88.2 Å². The van der Waals surface area contributed by atoms with Gasteiger partial charge in [-0.2, -0.15) is 0 Å². The summed E-state index contributed by atoms with van der Waals surface area (Å²) in [6, 6.07) is 0. The molecular formula is C11H21N3O3. The molecule has 0 atom stereocenters. The fourth-order valence-corrected chi connectivity index (χ4v) is 1.93. The third kappa shape index (κ3) is 3.09. The highest BCUT2D eigenvalue weighted by Crippen LogP contribution is 2.21. The smallest absolute Gasteiger partial charge is 0.254 e. The number of amidine groups is 1. The van der Waals surface area contributed by atoms with Crippen LogP contribution >= 0.6 is 0 Å². The Hall–Kier alpha value is -1.30. The van der Waals surface area contributed by atoms with E-state index in [1.165, 1.54) is 7.11 Å². The van der Waals surface area contributed by atoms with Gasteiger partial charge in [0.2, 0.25) is 0 Å². The highest BCUT2D eigenvalue weighted by Gasteiger charge is 2.34. The number of oxime groups is 1. The predicted molar refractivity (Wildman–Crippen MR) is 63.8 cm³/mol. The van der Waals surface area contributed by atoms with E-state index in [0.717, 1.165) is 12.8 Å². The van der Waals surface area contributed by atoms with Gasteiger partial charge in [0.05, 0.1) is 0 Å². The molecule has 6 heteroatoms. The van der Waals surface area contributed by atoms with Crippen LogP contribution in [-0.2, 0) is 9.53 Å². The van der Waals surface area contributed by atoms with Gasteiger partial charge >= 0.3 is 0 Å². The molecule has 0 spiro atoms. The maximum atomic E-state index is 12.1. The second-order valence-corrected chi connectivity index (χ2v) is 4.81. The molecule has 17 heavy (non-hydrogen) atoms. The third-order valence-electron chi connectivity index (χ3n) is 3.34. The number of piperidine rings is 1. The van der Waals surface area contributed by atoms with Crippen molar-refractivity contribution in [2.75, 3.05) is 20.2 Å². The van der Waals surface area contributed by atoms with E-state index in [0.29, 0.717) is 13.1 Å². The van der Waals surface area contributed by atoms with Gasteiger partial charge in [-0.05, 0) is 26.7 Å². The second kappa shape index (κ2) is 5.35. The molecule has 0 aromatic rings. The van der Waals surface area contributed by atoms with Crippen LogP contribution in [0.15, 0.2) is 5.16 Å². The first kappa shape index (κ1) is 13.8. The molecule has 1 amide bonds. The monoisotopic (exact) mass is 243 g/mol. The summed E-state index contributed by atoms with van der Waals surface area (Å²) in [5.74, 6) is 0.302. The van der Waals surface area contributed by atoms with E-state index in [1.54, 1.807) is 18.7 Å². The van der Waals surface area contributed by atoms with Crippen LogP contribution in [0.1, 0.15) is 26.7 Å². The lowest BCUT2D eigenvalue weighted by atomic mass is 9.94. The summed E-state index contributed by atoms with van der Waals surface area (Å²) in [6.07, 6.45) is 1.45. The molecule has 0 aromatic heterocycles. The maximum absolute atomic E-state index is 12.1. The highest BCUT2D eigenvalue weighted by molar-refractivity contribution is 5.85. The number of hydrogen-bond acceptors (Lipinski definition) is 4. The van der Waals surface area contributed by atoms with Crippen molar-refractivity contribution >= 4 is 11.7 Å². The molecule has 0 aromatic carbocycles. The van der Waals surface area contributed by atoms with E-state index >= 15 is 0 Å². The van der Waals surface area contributed by atoms with Crippen molar-refractivity contribution in [2.24, 2.45) is 16.8 Å². The van der Waals surface area contributed by atoms with Gasteiger partial charge in [0.15, 0.2) is 0 Å². The minimum absolute atomic E-state index is 0.0158. The first-order valence-corrected chi connectivity index (χ1v) is 5.74. The fourth-order valence-electron chi connectivity index (χ4n) is 1.93. The Labute approximate surface area is 101 Å². The summed E-state index contributed by atoms with van der Waals surface area (Å²) in [4.78, 5) is 13.9. The number of methoxy groups -OCH3 is 1. The minimum atomic E-state index is -0.788. The molecule has 1 aliphatic heterocycles. The Balaban J connectivity index is 2.56. The molecule has 0 radical (unpaired) electrons. The molecule has 0 saturated carbocycles. The minimum Gasteiger partial charge on any atom is -0.409 e. The number of nitrogens with zero attached hydrogens (tertiary/aromatic N) is 2. The molecule has 0 unspecified atom stereocenters. The van der Waals surface area contributed by atoms with E-state index in [-0.39, 0.29) is 17.7 Å². The van der Waals surface area contributed by atoms with Gasteiger partial charge in [-0.25, -0.2) is 0 Å².